The fourth-order valence-corrected chi connectivity index (χ4v) is 10.8. The zero-order valence-corrected chi connectivity index (χ0v) is 46.1. The number of nitrogens with zero attached hydrogens (tertiary/aromatic N) is 2. The maximum absolute atomic E-state index is 14.4. The molecule has 10 nitrogen and oxygen atoms in total. The van der Waals surface area contributed by atoms with Gasteiger partial charge in [0.05, 0.1) is 0 Å². The number of unbranched alkanes of at least 4 members (excludes halogenated alkanes) is 3. The molecule has 0 radical (unpaired) electrons. The average Bonchev–Trinajstić information content (AvgIpc) is 4.13. The molecule has 10 rings (SSSR count). The lowest BCUT2D eigenvalue weighted by molar-refractivity contribution is -0.116. The van der Waals surface area contributed by atoms with Gasteiger partial charge in [0.2, 0.25) is 11.2 Å². The van der Waals surface area contributed by atoms with Crippen LogP contribution >= 0.6 is 31.9 Å². The van der Waals surface area contributed by atoms with Crippen LogP contribution in [-0.2, 0) is 43.3 Å². The third-order valence-electron chi connectivity index (χ3n) is 14.0. The summed E-state index contributed by atoms with van der Waals surface area (Å²) in [6.07, 6.45) is 7.35. The predicted octanol–water partition coefficient (Wildman–Crippen LogP) is 14.5. The van der Waals surface area contributed by atoms with E-state index in [-0.39, 0.29) is 36.1 Å². The minimum Gasteiger partial charge on any atom is -0.374 e. The summed E-state index contributed by atoms with van der Waals surface area (Å²) in [4.78, 5) is 49.3. The van der Waals surface area contributed by atoms with Gasteiger partial charge in [0, 0.05) is 102 Å². The van der Waals surface area contributed by atoms with Gasteiger partial charge in [0.15, 0.2) is 0 Å². The van der Waals surface area contributed by atoms with Crippen molar-refractivity contribution in [2.24, 2.45) is 10.3 Å². The van der Waals surface area contributed by atoms with Crippen molar-refractivity contribution in [2.45, 2.75) is 49.7 Å². The topological polar surface area (TPSA) is 133 Å². The Hall–Kier alpha value is -8.32. The van der Waals surface area contributed by atoms with Crippen LogP contribution in [0.15, 0.2) is 250 Å². The molecule has 0 aliphatic rings. The number of H-pyrrole nitrogens is 2. The Morgan fingerprint density at radius 3 is 1.00 bits per heavy atom. The molecular formula is C66H58Br2N6O4. The number of carbonyl (C=O) groups is 2. The summed E-state index contributed by atoms with van der Waals surface area (Å²) in [5.74, 6) is -0.635. The lowest BCUT2D eigenvalue weighted by Gasteiger charge is -2.33. The van der Waals surface area contributed by atoms with E-state index < -0.39 is 11.2 Å². The van der Waals surface area contributed by atoms with Crippen molar-refractivity contribution >= 4 is 76.9 Å². The van der Waals surface area contributed by atoms with Crippen molar-refractivity contribution in [2.75, 3.05) is 13.1 Å². The minimum absolute atomic E-state index is 0.219. The van der Waals surface area contributed by atoms with E-state index >= 15 is 0 Å². The molecule has 0 fully saturated rings. The first-order valence-electron chi connectivity index (χ1n) is 26.2. The largest absolute Gasteiger partial charge is 0.374 e. The Labute approximate surface area is 471 Å². The van der Waals surface area contributed by atoms with Crippen molar-refractivity contribution < 1.29 is 19.3 Å². The molecule has 0 atom stereocenters. The normalized spacial score (nSPS) is 12.1. The van der Waals surface area contributed by atoms with Crippen LogP contribution in [0.4, 0.5) is 0 Å². The van der Waals surface area contributed by atoms with Gasteiger partial charge in [-0.15, -0.1) is 0 Å². The van der Waals surface area contributed by atoms with Crippen molar-refractivity contribution in [3.8, 4) is 0 Å². The molecule has 78 heavy (non-hydrogen) atoms. The van der Waals surface area contributed by atoms with E-state index in [1.54, 1.807) is 0 Å². The van der Waals surface area contributed by atoms with E-state index in [4.69, 9.17) is 20.0 Å². The number of halogens is 2. The second kappa shape index (κ2) is 25.2. The quantitative estimate of drug-likeness (QED) is 0.0220. The molecule has 390 valence electrons. The Balaban J connectivity index is 0.839. The van der Waals surface area contributed by atoms with Crippen LogP contribution in [0.3, 0.4) is 0 Å². The third-order valence-corrected chi connectivity index (χ3v) is 15.0. The highest BCUT2D eigenvalue weighted by Gasteiger charge is 2.41. The molecule has 12 heteroatoms. The van der Waals surface area contributed by atoms with E-state index in [9.17, 15) is 9.59 Å². The molecule has 2 aromatic heterocycles. The van der Waals surface area contributed by atoms with Crippen LogP contribution in [-0.4, -0.2) is 46.3 Å². The molecule has 0 bridgehead atoms. The standard InChI is InChI=1S/C66H58Br2N6O4/c67-55-35-37-59-57(43-55)47(45-71-59)41-61(73-77-65(49-23-9-3-10-24-49,50-25-11-4-12-26-50)51-27-13-5-14-28-51)63(75)69-39-21-1-2-22-40-70-64(76)62(42-48-46-72-60-38-36-56(68)44-58(48)60)74-78-66(52-29-15-6-16-30-52,53-31-17-7-18-32-53)54-33-19-8-20-34-54/h3-20,23-38,43-46,71-72H,1-2,21-22,39-42H2,(H,69,75)(H,70,76)/b73-61+,74-62+. The molecule has 4 N–H and O–H groups in total. The molecule has 10 aromatic rings. The number of aromatic amines is 2. The molecule has 0 saturated carbocycles. The fraction of sp³-hybridized carbons (Fsp3) is 0.152. The Morgan fingerprint density at radius 2 is 0.705 bits per heavy atom. The fourth-order valence-electron chi connectivity index (χ4n) is 10.1. The summed E-state index contributed by atoms with van der Waals surface area (Å²) >= 11 is 7.26. The lowest BCUT2D eigenvalue weighted by Crippen LogP contribution is -2.36. The van der Waals surface area contributed by atoms with Crippen molar-refractivity contribution in [1.29, 1.82) is 0 Å². The molecule has 0 aliphatic carbocycles. The molecule has 2 heterocycles. The smallest absolute Gasteiger partial charge is 0.269 e. The summed E-state index contributed by atoms with van der Waals surface area (Å²) in [6, 6.07) is 72.0. The van der Waals surface area contributed by atoms with Gasteiger partial charge in [0.25, 0.3) is 11.8 Å². The van der Waals surface area contributed by atoms with Crippen LogP contribution in [0.1, 0.15) is 70.2 Å². The maximum Gasteiger partial charge on any atom is 0.269 e. The lowest BCUT2D eigenvalue weighted by atomic mass is 9.80. The molecule has 8 aromatic carbocycles. The molecule has 0 saturated heterocycles. The first-order valence-corrected chi connectivity index (χ1v) is 27.8. The van der Waals surface area contributed by atoms with Crippen LogP contribution < -0.4 is 10.6 Å². The van der Waals surface area contributed by atoms with Gasteiger partial charge < -0.3 is 30.3 Å². The SMILES string of the molecule is O=C(NCCCCCCNC(=O)/C(Cc1c[nH]c2ccc(Br)cc12)=N/OC(c1ccccc1)(c1ccccc1)c1ccccc1)/C(Cc1c[nH]c2ccc(Br)cc12)=N/OC(c1ccccc1)(c1ccccc1)c1ccccc1. The van der Waals surface area contributed by atoms with Gasteiger partial charge in [-0.25, -0.2) is 0 Å². The number of aromatic nitrogens is 2. The number of amides is 2. The van der Waals surface area contributed by atoms with Crippen LogP contribution in [0, 0.1) is 0 Å². The number of oxime groups is 2. The highest BCUT2D eigenvalue weighted by molar-refractivity contribution is 9.10. The molecule has 0 unspecified atom stereocenters. The summed E-state index contributed by atoms with van der Waals surface area (Å²) in [5, 5.41) is 17.9. The highest BCUT2D eigenvalue weighted by Crippen LogP contribution is 2.42. The molecule has 0 aliphatic heterocycles. The molecule has 2 amide bonds. The van der Waals surface area contributed by atoms with E-state index in [2.05, 4.69) is 52.5 Å². The van der Waals surface area contributed by atoms with Crippen LogP contribution in [0.25, 0.3) is 21.8 Å². The zero-order valence-electron chi connectivity index (χ0n) is 42.9. The van der Waals surface area contributed by atoms with Gasteiger partial charge in [-0.2, -0.15) is 0 Å². The van der Waals surface area contributed by atoms with Crippen molar-refractivity contribution in [1.82, 2.24) is 20.6 Å². The summed E-state index contributed by atoms with van der Waals surface area (Å²) in [5.41, 5.74) is 7.08. The van der Waals surface area contributed by atoms with Gasteiger partial charge in [-0.1, -0.05) is 237 Å². The third kappa shape index (κ3) is 12.0. The Bertz CT molecular complexity index is 3210. The van der Waals surface area contributed by atoms with Crippen molar-refractivity contribution in [3.63, 3.8) is 0 Å². The Morgan fingerprint density at radius 1 is 0.410 bits per heavy atom. The number of carbonyl (C=O) groups excluding carboxylic acids is 2. The zero-order chi connectivity index (χ0) is 53.6. The van der Waals surface area contributed by atoms with E-state index in [0.29, 0.717) is 25.9 Å². The molecular weight excluding hydrogens is 1100 g/mol. The number of fused-ring (bicyclic) bond motifs is 2. The van der Waals surface area contributed by atoms with Crippen molar-refractivity contribution in [3.05, 3.63) is 284 Å². The van der Waals surface area contributed by atoms with E-state index in [0.717, 1.165) is 88.1 Å². The van der Waals surface area contributed by atoms with Gasteiger partial charge in [0.1, 0.15) is 11.4 Å². The van der Waals surface area contributed by atoms with Crippen LogP contribution in [0.2, 0.25) is 0 Å². The maximum atomic E-state index is 14.4. The number of hydrogen-bond donors (Lipinski definition) is 4. The second-order valence-electron chi connectivity index (χ2n) is 19.1. The summed E-state index contributed by atoms with van der Waals surface area (Å²) in [7, 11) is 0. The monoisotopic (exact) mass is 1160 g/mol. The highest BCUT2D eigenvalue weighted by atomic mass is 79.9. The number of hydrogen-bond acceptors (Lipinski definition) is 6. The first-order chi connectivity index (χ1) is 38.3. The van der Waals surface area contributed by atoms with Gasteiger partial charge in [-0.05, 0) is 60.4 Å². The average molecular weight is 1160 g/mol. The minimum atomic E-state index is -1.17. The second-order valence-corrected chi connectivity index (χ2v) is 20.9. The predicted molar refractivity (Wildman–Crippen MR) is 319 cm³/mol. The first kappa shape index (κ1) is 53.1. The summed E-state index contributed by atoms with van der Waals surface area (Å²) in [6.45, 7) is 0.845. The number of rotatable bonds is 23. The van der Waals surface area contributed by atoms with E-state index in [1.807, 2.05) is 231 Å². The summed E-state index contributed by atoms with van der Waals surface area (Å²) < 4.78 is 1.86. The van der Waals surface area contributed by atoms with Gasteiger partial charge >= 0.3 is 0 Å². The Kier molecular flexibility index (Phi) is 17.2. The molecule has 0 spiro atoms. The van der Waals surface area contributed by atoms with Crippen LogP contribution in [0.5, 0.6) is 0 Å². The number of nitrogens with one attached hydrogen (secondary N) is 4. The van der Waals surface area contributed by atoms with Gasteiger partial charge in [-0.3, -0.25) is 9.59 Å². The van der Waals surface area contributed by atoms with E-state index in [1.165, 1.54) is 0 Å². The number of benzene rings is 8.